The molecule has 0 bridgehead atoms. The van der Waals surface area contributed by atoms with E-state index in [9.17, 15) is 9.59 Å². The molecule has 2 aliphatic heterocycles. The second kappa shape index (κ2) is 10.4. The summed E-state index contributed by atoms with van der Waals surface area (Å²) in [7, 11) is 0. The first-order valence-electron chi connectivity index (χ1n) is 9.90. The van der Waals surface area contributed by atoms with Crippen molar-refractivity contribution in [2.45, 2.75) is 13.0 Å². The largest absolute Gasteiger partial charge is 0.379 e. The van der Waals surface area contributed by atoms with Gasteiger partial charge in [0.2, 0.25) is 5.91 Å². The van der Waals surface area contributed by atoms with Crippen LogP contribution in [0.1, 0.15) is 6.92 Å². The molecule has 2 saturated heterocycles. The Balaban J connectivity index is 1.48. The van der Waals surface area contributed by atoms with Crippen molar-refractivity contribution in [2.24, 2.45) is 0 Å². The normalized spacial score (nSPS) is 20.6. The average molecular weight is 390 g/mol. The van der Waals surface area contributed by atoms with Crippen LogP contribution in [0.4, 0.5) is 10.5 Å². The van der Waals surface area contributed by atoms with Gasteiger partial charge in [0.1, 0.15) is 0 Å². The molecule has 3 amide bonds. The summed E-state index contributed by atoms with van der Waals surface area (Å²) in [5.74, 6) is 0.0303. The van der Waals surface area contributed by atoms with E-state index in [0.29, 0.717) is 32.8 Å². The van der Waals surface area contributed by atoms with Crippen LogP contribution in [-0.4, -0.2) is 98.4 Å². The van der Waals surface area contributed by atoms with Crippen molar-refractivity contribution in [1.82, 2.24) is 14.7 Å². The van der Waals surface area contributed by atoms with Crippen molar-refractivity contribution in [1.29, 1.82) is 0 Å². The standard InChI is InChI=1S/C20H30N4O4/c1-17(25)23(8-7-22-9-12-27-13-10-22)15-19-16-24(11-14-28-19)20(26)21-18-5-3-2-4-6-18/h2-6,19H,7-16H2,1H3,(H,21,26). The minimum Gasteiger partial charge on any atom is -0.379 e. The van der Waals surface area contributed by atoms with Gasteiger partial charge in [-0.05, 0) is 12.1 Å². The van der Waals surface area contributed by atoms with Crippen molar-refractivity contribution >= 4 is 17.6 Å². The highest BCUT2D eigenvalue weighted by atomic mass is 16.5. The summed E-state index contributed by atoms with van der Waals surface area (Å²) < 4.78 is 11.2. The van der Waals surface area contributed by atoms with E-state index in [-0.39, 0.29) is 18.0 Å². The summed E-state index contributed by atoms with van der Waals surface area (Å²) in [4.78, 5) is 30.5. The third-order valence-corrected chi connectivity index (χ3v) is 5.11. The molecule has 2 fully saturated rings. The fourth-order valence-electron chi connectivity index (χ4n) is 3.45. The number of hydrogen-bond donors (Lipinski definition) is 1. The van der Waals surface area contributed by atoms with Crippen LogP contribution in [-0.2, 0) is 14.3 Å². The van der Waals surface area contributed by atoms with E-state index in [0.717, 1.165) is 38.5 Å². The maximum Gasteiger partial charge on any atom is 0.322 e. The number of hydrogen-bond acceptors (Lipinski definition) is 5. The molecule has 3 rings (SSSR count). The number of anilines is 1. The predicted octanol–water partition coefficient (Wildman–Crippen LogP) is 1.10. The molecule has 28 heavy (non-hydrogen) atoms. The van der Waals surface area contributed by atoms with E-state index in [1.54, 1.807) is 11.8 Å². The van der Waals surface area contributed by atoms with Crippen LogP contribution in [0.15, 0.2) is 30.3 Å². The molecule has 0 spiro atoms. The Morgan fingerprint density at radius 3 is 2.61 bits per heavy atom. The SMILES string of the molecule is CC(=O)N(CCN1CCOCC1)CC1CN(C(=O)Nc2ccccc2)CCO1. The monoisotopic (exact) mass is 390 g/mol. The molecule has 0 radical (unpaired) electrons. The molecule has 8 heteroatoms. The summed E-state index contributed by atoms with van der Waals surface area (Å²) in [5.41, 5.74) is 0.770. The molecule has 0 saturated carbocycles. The van der Waals surface area contributed by atoms with Gasteiger partial charge in [-0.3, -0.25) is 9.69 Å². The Morgan fingerprint density at radius 2 is 1.89 bits per heavy atom. The molecule has 2 heterocycles. The fraction of sp³-hybridized carbons (Fsp3) is 0.600. The topological polar surface area (TPSA) is 74.4 Å². The van der Waals surface area contributed by atoms with Crippen molar-refractivity contribution in [3.63, 3.8) is 0 Å². The van der Waals surface area contributed by atoms with Gasteiger partial charge in [-0.15, -0.1) is 0 Å². The first-order chi connectivity index (χ1) is 13.6. The maximum absolute atomic E-state index is 12.5. The summed E-state index contributed by atoms with van der Waals surface area (Å²) >= 11 is 0. The number of amides is 3. The van der Waals surface area contributed by atoms with Gasteiger partial charge in [0.15, 0.2) is 0 Å². The van der Waals surface area contributed by atoms with Crippen LogP contribution in [0.2, 0.25) is 0 Å². The zero-order valence-corrected chi connectivity index (χ0v) is 16.5. The van der Waals surface area contributed by atoms with Crippen molar-refractivity contribution in [3.05, 3.63) is 30.3 Å². The first kappa shape index (κ1) is 20.6. The maximum atomic E-state index is 12.5. The number of morpholine rings is 2. The number of ether oxygens (including phenoxy) is 2. The van der Waals surface area contributed by atoms with Crippen LogP contribution in [0.5, 0.6) is 0 Å². The van der Waals surface area contributed by atoms with Gasteiger partial charge in [0, 0.05) is 51.9 Å². The van der Waals surface area contributed by atoms with E-state index in [1.165, 1.54) is 0 Å². The Kier molecular flexibility index (Phi) is 7.64. The molecule has 0 aliphatic carbocycles. The van der Waals surface area contributed by atoms with Crippen molar-refractivity contribution in [2.75, 3.05) is 71.0 Å². The minimum absolute atomic E-state index is 0.0303. The number of nitrogens with zero attached hydrogens (tertiary/aromatic N) is 3. The molecule has 2 aliphatic rings. The highest BCUT2D eigenvalue weighted by Gasteiger charge is 2.27. The number of carbonyl (C=O) groups excluding carboxylic acids is 2. The Hall–Kier alpha value is -2.16. The zero-order valence-electron chi connectivity index (χ0n) is 16.5. The van der Waals surface area contributed by atoms with Gasteiger partial charge in [0.25, 0.3) is 0 Å². The predicted molar refractivity (Wildman–Crippen MR) is 106 cm³/mol. The lowest BCUT2D eigenvalue weighted by atomic mass is 10.2. The van der Waals surface area contributed by atoms with Crippen LogP contribution >= 0.6 is 0 Å². The van der Waals surface area contributed by atoms with Gasteiger partial charge in [-0.2, -0.15) is 0 Å². The van der Waals surface area contributed by atoms with Gasteiger partial charge in [-0.25, -0.2) is 4.79 Å². The third kappa shape index (κ3) is 6.19. The quantitative estimate of drug-likeness (QED) is 0.787. The summed E-state index contributed by atoms with van der Waals surface area (Å²) in [6.07, 6.45) is -0.177. The van der Waals surface area contributed by atoms with Crippen LogP contribution in [0.3, 0.4) is 0 Å². The van der Waals surface area contributed by atoms with Gasteiger partial charge in [-0.1, -0.05) is 18.2 Å². The fourth-order valence-corrected chi connectivity index (χ4v) is 3.45. The second-order valence-electron chi connectivity index (χ2n) is 7.15. The Labute approximate surface area is 166 Å². The van der Waals surface area contributed by atoms with Crippen LogP contribution in [0, 0.1) is 0 Å². The lowest BCUT2D eigenvalue weighted by Crippen LogP contribution is -2.52. The Morgan fingerprint density at radius 1 is 1.14 bits per heavy atom. The van der Waals surface area contributed by atoms with E-state index >= 15 is 0 Å². The molecule has 1 aromatic carbocycles. The van der Waals surface area contributed by atoms with E-state index in [4.69, 9.17) is 9.47 Å². The van der Waals surface area contributed by atoms with Crippen LogP contribution in [0.25, 0.3) is 0 Å². The van der Waals surface area contributed by atoms with Crippen molar-refractivity contribution in [3.8, 4) is 0 Å². The number of para-hydroxylation sites is 1. The smallest absolute Gasteiger partial charge is 0.322 e. The molecule has 1 aromatic rings. The average Bonchev–Trinajstić information content (AvgIpc) is 2.72. The molecule has 0 aromatic heterocycles. The number of nitrogens with one attached hydrogen (secondary N) is 1. The second-order valence-corrected chi connectivity index (χ2v) is 7.15. The molecule has 1 N–H and O–H groups in total. The third-order valence-electron chi connectivity index (χ3n) is 5.11. The van der Waals surface area contributed by atoms with Crippen molar-refractivity contribution < 1.29 is 19.1 Å². The molecular weight excluding hydrogens is 360 g/mol. The van der Waals surface area contributed by atoms with Crippen LogP contribution < -0.4 is 5.32 Å². The van der Waals surface area contributed by atoms with Gasteiger partial charge in [0.05, 0.1) is 32.5 Å². The van der Waals surface area contributed by atoms with E-state index in [1.807, 2.05) is 35.2 Å². The molecule has 8 nitrogen and oxygen atoms in total. The highest BCUT2D eigenvalue weighted by Crippen LogP contribution is 2.12. The number of benzene rings is 1. The molecular formula is C20H30N4O4. The molecule has 1 unspecified atom stereocenters. The highest BCUT2D eigenvalue weighted by molar-refractivity contribution is 5.89. The first-order valence-corrected chi connectivity index (χ1v) is 9.90. The molecule has 1 atom stereocenters. The van der Waals surface area contributed by atoms with Gasteiger partial charge < -0.3 is 24.6 Å². The number of rotatable bonds is 6. The summed E-state index contributed by atoms with van der Waals surface area (Å²) in [6, 6.07) is 9.27. The minimum atomic E-state index is -0.177. The van der Waals surface area contributed by atoms with Gasteiger partial charge >= 0.3 is 6.03 Å². The lowest BCUT2D eigenvalue weighted by molar-refractivity contribution is -0.132. The van der Waals surface area contributed by atoms with E-state index < -0.39 is 0 Å². The number of urea groups is 1. The summed E-state index contributed by atoms with van der Waals surface area (Å²) in [6.45, 7) is 8.36. The lowest BCUT2D eigenvalue weighted by Gasteiger charge is -2.36. The summed E-state index contributed by atoms with van der Waals surface area (Å²) in [5, 5.41) is 2.91. The Bertz CT molecular complexity index is 636. The van der Waals surface area contributed by atoms with E-state index in [2.05, 4.69) is 10.2 Å². The number of carbonyl (C=O) groups is 2. The zero-order chi connectivity index (χ0) is 19.8. The molecule has 154 valence electrons.